The summed E-state index contributed by atoms with van der Waals surface area (Å²) in [6.07, 6.45) is 0.225. The van der Waals surface area contributed by atoms with E-state index >= 15 is 0 Å². The Bertz CT molecular complexity index is 399. The van der Waals surface area contributed by atoms with Gasteiger partial charge in [0.2, 0.25) is 0 Å². The minimum Gasteiger partial charge on any atom is -0.379 e. The standard InChI is InChI=1S/C18H37N5O2/c1-5-19-18(20-12-16-14-22(4)6-11-25-16)21-13-17(15(2)3)23-7-9-24-10-8-23/h15-17H,5-14H2,1-4H3,(H2,19,20,21). The lowest BCUT2D eigenvalue weighted by molar-refractivity contribution is -0.0161. The van der Waals surface area contributed by atoms with E-state index in [9.17, 15) is 0 Å². The number of guanidine groups is 1. The van der Waals surface area contributed by atoms with Crippen molar-refractivity contribution >= 4 is 5.96 Å². The van der Waals surface area contributed by atoms with Gasteiger partial charge in [0.05, 0.1) is 32.5 Å². The highest BCUT2D eigenvalue weighted by molar-refractivity contribution is 5.79. The molecule has 0 saturated carbocycles. The Morgan fingerprint density at radius 2 is 1.92 bits per heavy atom. The minimum atomic E-state index is 0.225. The van der Waals surface area contributed by atoms with Gasteiger partial charge in [0.25, 0.3) is 0 Å². The monoisotopic (exact) mass is 355 g/mol. The molecule has 2 N–H and O–H groups in total. The number of nitrogens with zero attached hydrogens (tertiary/aromatic N) is 3. The molecule has 0 aromatic rings. The van der Waals surface area contributed by atoms with Crippen molar-refractivity contribution in [3.8, 4) is 0 Å². The fourth-order valence-electron chi connectivity index (χ4n) is 3.38. The summed E-state index contributed by atoms with van der Waals surface area (Å²) >= 11 is 0. The molecule has 2 unspecified atom stereocenters. The zero-order chi connectivity index (χ0) is 18.1. The van der Waals surface area contributed by atoms with Crippen LogP contribution in [0.2, 0.25) is 0 Å². The first-order chi connectivity index (χ1) is 12.1. The molecule has 0 aliphatic carbocycles. The Morgan fingerprint density at radius 3 is 2.56 bits per heavy atom. The van der Waals surface area contributed by atoms with Gasteiger partial charge in [-0.1, -0.05) is 13.8 Å². The summed E-state index contributed by atoms with van der Waals surface area (Å²) < 4.78 is 11.3. The molecule has 0 amide bonds. The smallest absolute Gasteiger partial charge is 0.191 e. The summed E-state index contributed by atoms with van der Waals surface area (Å²) in [4.78, 5) is 9.68. The molecule has 2 fully saturated rings. The second kappa shape index (κ2) is 11.0. The van der Waals surface area contributed by atoms with Gasteiger partial charge in [-0.05, 0) is 19.9 Å². The Labute approximate surface area is 153 Å². The summed E-state index contributed by atoms with van der Waals surface area (Å²) in [5.41, 5.74) is 0. The molecular weight excluding hydrogens is 318 g/mol. The van der Waals surface area contributed by atoms with Crippen molar-refractivity contribution in [1.82, 2.24) is 20.4 Å². The van der Waals surface area contributed by atoms with Gasteiger partial charge in [-0.3, -0.25) is 9.89 Å². The first-order valence-electron chi connectivity index (χ1n) is 9.74. The van der Waals surface area contributed by atoms with Gasteiger partial charge < -0.3 is 25.0 Å². The maximum atomic E-state index is 5.83. The van der Waals surface area contributed by atoms with Crippen LogP contribution in [0.15, 0.2) is 4.99 Å². The van der Waals surface area contributed by atoms with E-state index < -0.39 is 0 Å². The number of ether oxygens (including phenoxy) is 2. The first-order valence-corrected chi connectivity index (χ1v) is 9.74. The van der Waals surface area contributed by atoms with Crippen molar-refractivity contribution in [3.05, 3.63) is 0 Å². The molecule has 2 heterocycles. The third-order valence-corrected chi connectivity index (χ3v) is 4.90. The lowest BCUT2D eigenvalue weighted by Crippen LogP contribution is -2.50. The maximum Gasteiger partial charge on any atom is 0.191 e. The van der Waals surface area contributed by atoms with E-state index in [1.807, 2.05) is 0 Å². The highest BCUT2D eigenvalue weighted by Crippen LogP contribution is 2.13. The van der Waals surface area contributed by atoms with Crippen LogP contribution in [0, 0.1) is 5.92 Å². The number of likely N-dealkylation sites (N-methyl/N-ethyl adjacent to an activating group) is 1. The fourth-order valence-corrected chi connectivity index (χ4v) is 3.38. The second-order valence-corrected chi connectivity index (χ2v) is 7.32. The van der Waals surface area contributed by atoms with Gasteiger partial charge in [-0.2, -0.15) is 0 Å². The van der Waals surface area contributed by atoms with Gasteiger partial charge in [-0.25, -0.2) is 0 Å². The lowest BCUT2D eigenvalue weighted by Gasteiger charge is -2.36. The Morgan fingerprint density at radius 1 is 1.16 bits per heavy atom. The molecule has 2 aliphatic rings. The number of nitrogens with one attached hydrogen (secondary N) is 2. The number of morpholine rings is 2. The van der Waals surface area contributed by atoms with Crippen LogP contribution in [-0.4, -0.2) is 101 Å². The normalized spacial score (nSPS) is 25.2. The molecule has 0 aromatic heterocycles. The molecule has 146 valence electrons. The number of hydrogen-bond donors (Lipinski definition) is 2. The zero-order valence-corrected chi connectivity index (χ0v) is 16.5. The van der Waals surface area contributed by atoms with Crippen molar-refractivity contribution in [3.63, 3.8) is 0 Å². The minimum absolute atomic E-state index is 0.225. The number of hydrogen-bond acceptors (Lipinski definition) is 5. The van der Waals surface area contributed by atoms with Crippen molar-refractivity contribution in [1.29, 1.82) is 0 Å². The average Bonchev–Trinajstić information content (AvgIpc) is 2.60. The molecule has 7 nitrogen and oxygen atoms in total. The zero-order valence-electron chi connectivity index (χ0n) is 16.5. The van der Waals surface area contributed by atoms with Gasteiger partial charge in [-0.15, -0.1) is 0 Å². The summed E-state index contributed by atoms with van der Waals surface area (Å²) in [5, 5.41) is 6.81. The van der Waals surface area contributed by atoms with Crippen LogP contribution in [0.3, 0.4) is 0 Å². The first kappa shape index (κ1) is 20.4. The van der Waals surface area contributed by atoms with E-state index in [1.165, 1.54) is 0 Å². The number of aliphatic imine (C=N–C) groups is 1. The van der Waals surface area contributed by atoms with Gasteiger partial charge in [0.1, 0.15) is 0 Å². The van der Waals surface area contributed by atoms with Crippen LogP contribution in [0.4, 0.5) is 0 Å². The van der Waals surface area contributed by atoms with E-state index in [4.69, 9.17) is 14.5 Å². The van der Waals surface area contributed by atoms with Gasteiger partial charge in [0.15, 0.2) is 5.96 Å². The van der Waals surface area contributed by atoms with Crippen molar-refractivity contribution in [2.75, 3.05) is 72.7 Å². The maximum absolute atomic E-state index is 5.83. The Balaban J connectivity index is 1.87. The topological polar surface area (TPSA) is 61.4 Å². The van der Waals surface area contributed by atoms with E-state index in [2.05, 4.69) is 48.3 Å². The van der Waals surface area contributed by atoms with Crippen LogP contribution in [-0.2, 0) is 9.47 Å². The lowest BCUT2D eigenvalue weighted by atomic mass is 10.0. The third-order valence-electron chi connectivity index (χ3n) is 4.90. The average molecular weight is 356 g/mol. The van der Waals surface area contributed by atoms with E-state index in [0.29, 0.717) is 12.0 Å². The largest absolute Gasteiger partial charge is 0.379 e. The molecule has 2 saturated heterocycles. The molecule has 7 heteroatoms. The van der Waals surface area contributed by atoms with Crippen LogP contribution in [0.1, 0.15) is 20.8 Å². The molecule has 0 bridgehead atoms. The fraction of sp³-hybridized carbons (Fsp3) is 0.944. The molecule has 2 aliphatic heterocycles. The van der Waals surface area contributed by atoms with Gasteiger partial charge in [0, 0.05) is 45.3 Å². The molecule has 25 heavy (non-hydrogen) atoms. The number of rotatable bonds is 7. The SMILES string of the molecule is CCNC(=NCC(C(C)C)N1CCOCC1)NCC1CN(C)CCO1. The quantitative estimate of drug-likeness (QED) is 0.504. The molecular formula is C18H37N5O2. The van der Waals surface area contributed by atoms with E-state index in [-0.39, 0.29) is 6.10 Å². The highest BCUT2D eigenvalue weighted by Gasteiger charge is 2.24. The summed E-state index contributed by atoms with van der Waals surface area (Å²) in [6.45, 7) is 15.6. The van der Waals surface area contributed by atoms with Crippen LogP contribution in [0.5, 0.6) is 0 Å². The third kappa shape index (κ3) is 7.09. The van der Waals surface area contributed by atoms with Crippen LogP contribution < -0.4 is 10.6 Å². The summed E-state index contributed by atoms with van der Waals surface area (Å²) in [7, 11) is 2.14. The molecule has 2 atom stereocenters. The Kier molecular flexibility index (Phi) is 8.95. The van der Waals surface area contributed by atoms with Gasteiger partial charge >= 0.3 is 0 Å². The predicted octanol–water partition coefficient (Wildman–Crippen LogP) is 0.229. The van der Waals surface area contributed by atoms with Crippen LogP contribution in [0.25, 0.3) is 0 Å². The van der Waals surface area contributed by atoms with E-state index in [1.54, 1.807) is 0 Å². The van der Waals surface area contributed by atoms with Crippen LogP contribution >= 0.6 is 0 Å². The van der Waals surface area contributed by atoms with Crippen molar-refractivity contribution in [2.24, 2.45) is 10.9 Å². The second-order valence-electron chi connectivity index (χ2n) is 7.32. The summed E-state index contributed by atoms with van der Waals surface area (Å²) in [5.74, 6) is 1.46. The Hall–Kier alpha value is -0.890. The van der Waals surface area contributed by atoms with Crippen molar-refractivity contribution in [2.45, 2.75) is 32.9 Å². The summed E-state index contributed by atoms with van der Waals surface area (Å²) in [6, 6.07) is 0.455. The van der Waals surface area contributed by atoms with Crippen molar-refractivity contribution < 1.29 is 9.47 Å². The molecule has 0 spiro atoms. The predicted molar refractivity (Wildman–Crippen MR) is 102 cm³/mol. The highest BCUT2D eigenvalue weighted by atomic mass is 16.5. The van der Waals surface area contributed by atoms with E-state index in [0.717, 1.165) is 71.6 Å². The molecule has 0 aromatic carbocycles. The molecule has 2 rings (SSSR count). The molecule has 0 radical (unpaired) electrons.